The number of hydrogen-bond acceptors (Lipinski definition) is 4. The summed E-state index contributed by atoms with van der Waals surface area (Å²) < 4.78 is 0. The van der Waals surface area contributed by atoms with E-state index >= 15 is 0 Å². The number of benzene rings is 1. The minimum atomic E-state index is -0.376. The van der Waals surface area contributed by atoms with E-state index in [0.29, 0.717) is 12.1 Å². The third-order valence-electron chi connectivity index (χ3n) is 3.46. The lowest BCUT2D eigenvalue weighted by molar-refractivity contribution is 0.0945. The summed E-state index contributed by atoms with van der Waals surface area (Å²) in [5.74, 6) is -0.376. The van der Waals surface area contributed by atoms with Crippen LogP contribution in [0.5, 0.6) is 0 Å². The van der Waals surface area contributed by atoms with Gasteiger partial charge < -0.3 is 10.3 Å². The highest BCUT2D eigenvalue weighted by molar-refractivity contribution is 5.92. The Morgan fingerprint density at radius 2 is 2.00 bits per heavy atom. The van der Waals surface area contributed by atoms with Crippen LogP contribution >= 0.6 is 0 Å². The molecule has 23 heavy (non-hydrogen) atoms. The number of pyridine rings is 1. The number of carbonyl (C=O) groups excluding carboxylic acids is 1. The predicted molar refractivity (Wildman–Crippen MR) is 85.3 cm³/mol. The SMILES string of the molecule is Cc1cc2cc(CNC(=O)c3ccc(=O)[nH]n3)ccc2[nH]c1=O. The van der Waals surface area contributed by atoms with E-state index in [1.54, 1.807) is 13.0 Å². The fourth-order valence-corrected chi connectivity index (χ4v) is 2.22. The maximum atomic E-state index is 11.9. The van der Waals surface area contributed by atoms with Gasteiger partial charge in [-0.3, -0.25) is 14.4 Å². The first kappa shape index (κ1) is 14.7. The molecule has 1 amide bonds. The van der Waals surface area contributed by atoms with Gasteiger partial charge in [-0.05, 0) is 42.1 Å². The first-order valence-corrected chi connectivity index (χ1v) is 6.99. The molecule has 1 aromatic carbocycles. The highest BCUT2D eigenvalue weighted by Gasteiger charge is 2.07. The van der Waals surface area contributed by atoms with Gasteiger partial charge in [0.25, 0.3) is 17.0 Å². The summed E-state index contributed by atoms with van der Waals surface area (Å²) in [7, 11) is 0. The summed E-state index contributed by atoms with van der Waals surface area (Å²) in [6.07, 6.45) is 0. The fourth-order valence-electron chi connectivity index (χ4n) is 2.22. The summed E-state index contributed by atoms with van der Waals surface area (Å²) >= 11 is 0. The Kier molecular flexibility index (Phi) is 3.76. The lowest BCUT2D eigenvalue weighted by Gasteiger charge is -2.06. The molecule has 3 N–H and O–H groups in total. The lowest BCUT2D eigenvalue weighted by Crippen LogP contribution is -2.25. The van der Waals surface area contributed by atoms with Crippen LogP contribution in [0.1, 0.15) is 21.6 Å². The number of nitrogens with zero attached hydrogens (tertiary/aromatic N) is 1. The zero-order valence-corrected chi connectivity index (χ0v) is 12.3. The number of H-pyrrole nitrogens is 2. The van der Waals surface area contributed by atoms with Crippen molar-refractivity contribution < 1.29 is 4.79 Å². The lowest BCUT2D eigenvalue weighted by atomic mass is 10.1. The van der Waals surface area contributed by atoms with Crippen LogP contribution < -0.4 is 16.4 Å². The second-order valence-corrected chi connectivity index (χ2v) is 5.19. The Morgan fingerprint density at radius 3 is 2.74 bits per heavy atom. The van der Waals surface area contributed by atoms with E-state index in [4.69, 9.17) is 0 Å². The van der Waals surface area contributed by atoms with Crippen molar-refractivity contribution in [2.24, 2.45) is 0 Å². The maximum absolute atomic E-state index is 11.9. The average molecular weight is 310 g/mol. The number of nitrogens with one attached hydrogen (secondary N) is 3. The monoisotopic (exact) mass is 310 g/mol. The smallest absolute Gasteiger partial charge is 0.271 e. The van der Waals surface area contributed by atoms with E-state index in [1.807, 2.05) is 18.2 Å². The summed E-state index contributed by atoms with van der Waals surface area (Å²) in [5, 5.41) is 9.52. The minimum absolute atomic E-state index is 0.109. The van der Waals surface area contributed by atoms with Gasteiger partial charge in [0.15, 0.2) is 0 Å². The number of aromatic amines is 2. The van der Waals surface area contributed by atoms with Gasteiger partial charge in [0.1, 0.15) is 5.69 Å². The van der Waals surface area contributed by atoms with Crippen LogP contribution in [-0.4, -0.2) is 21.1 Å². The Labute approximate surface area is 130 Å². The molecule has 7 heteroatoms. The van der Waals surface area contributed by atoms with Gasteiger partial charge in [0.05, 0.1) is 0 Å². The number of carbonyl (C=O) groups is 1. The van der Waals surface area contributed by atoms with Crippen LogP contribution in [0.15, 0.2) is 46.0 Å². The highest BCUT2D eigenvalue weighted by Crippen LogP contribution is 2.13. The molecule has 2 aromatic heterocycles. The number of fused-ring (bicyclic) bond motifs is 1. The van der Waals surface area contributed by atoms with Crippen molar-refractivity contribution in [2.75, 3.05) is 0 Å². The predicted octanol–water partition coefficient (Wildman–Crippen LogP) is 0.850. The summed E-state index contributed by atoms with van der Waals surface area (Å²) in [5.41, 5.74) is 1.95. The van der Waals surface area contributed by atoms with Crippen molar-refractivity contribution in [2.45, 2.75) is 13.5 Å². The van der Waals surface area contributed by atoms with Gasteiger partial charge in [-0.1, -0.05) is 6.07 Å². The van der Waals surface area contributed by atoms with Gasteiger partial charge in [0.2, 0.25) is 0 Å². The van der Waals surface area contributed by atoms with Crippen LogP contribution in [-0.2, 0) is 6.54 Å². The second-order valence-electron chi connectivity index (χ2n) is 5.19. The molecule has 0 aliphatic heterocycles. The molecule has 0 bridgehead atoms. The van der Waals surface area contributed by atoms with Gasteiger partial charge >= 0.3 is 0 Å². The minimum Gasteiger partial charge on any atom is -0.347 e. The molecule has 0 radical (unpaired) electrons. The first-order valence-electron chi connectivity index (χ1n) is 6.99. The van der Waals surface area contributed by atoms with E-state index in [1.165, 1.54) is 12.1 Å². The number of aryl methyl sites for hydroxylation is 1. The zero-order valence-electron chi connectivity index (χ0n) is 12.3. The van der Waals surface area contributed by atoms with Crippen molar-refractivity contribution in [3.8, 4) is 0 Å². The van der Waals surface area contributed by atoms with Gasteiger partial charge in [-0.15, -0.1) is 0 Å². The van der Waals surface area contributed by atoms with Crippen LogP contribution in [0.2, 0.25) is 0 Å². The van der Waals surface area contributed by atoms with Crippen molar-refractivity contribution in [3.63, 3.8) is 0 Å². The molecule has 7 nitrogen and oxygen atoms in total. The van der Waals surface area contributed by atoms with Gasteiger partial charge in [-0.25, -0.2) is 5.10 Å². The Bertz CT molecular complexity index is 984. The number of aromatic nitrogens is 3. The molecule has 0 spiro atoms. The number of hydrogen-bond donors (Lipinski definition) is 3. The largest absolute Gasteiger partial charge is 0.347 e. The fraction of sp³-hybridized carbons (Fsp3) is 0.125. The van der Waals surface area contributed by atoms with Crippen molar-refractivity contribution in [1.82, 2.24) is 20.5 Å². The Morgan fingerprint density at radius 1 is 1.17 bits per heavy atom. The maximum Gasteiger partial charge on any atom is 0.271 e. The summed E-state index contributed by atoms with van der Waals surface area (Å²) in [6, 6.07) is 9.95. The molecule has 116 valence electrons. The van der Waals surface area contributed by atoms with E-state index in [0.717, 1.165) is 16.5 Å². The normalized spacial score (nSPS) is 10.7. The quantitative estimate of drug-likeness (QED) is 0.666. The summed E-state index contributed by atoms with van der Waals surface area (Å²) in [4.78, 5) is 37.2. The van der Waals surface area contributed by atoms with Crippen LogP contribution in [0, 0.1) is 6.92 Å². The Balaban J connectivity index is 1.77. The van der Waals surface area contributed by atoms with Gasteiger partial charge in [-0.2, -0.15) is 5.10 Å². The van der Waals surface area contributed by atoms with E-state index in [9.17, 15) is 14.4 Å². The third kappa shape index (κ3) is 3.18. The van der Waals surface area contributed by atoms with Crippen LogP contribution in [0.4, 0.5) is 0 Å². The molecule has 3 rings (SSSR count). The van der Waals surface area contributed by atoms with Crippen molar-refractivity contribution >= 4 is 16.8 Å². The molecule has 0 saturated carbocycles. The van der Waals surface area contributed by atoms with Gasteiger partial charge in [0, 0.05) is 23.7 Å². The van der Waals surface area contributed by atoms with Crippen LogP contribution in [0.3, 0.4) is 0 Å². The number of amides is 1. The molecule has 3 aromatic rings. The zero-order chi connectivity index (χ0) is 16.4. The molecular formula is C16H14N4O3. The topological polar surface area (TPSA) is 108 Å². The van der Waals surface area contributed by atoms with E-state index in [2.05, 4.69) is 20.5 Å². The molecule has 0 aliphatic carbocycles. The molecule has 0 fully saturated rings. The highest BCUT2D eigenvalue weighted by atomic mass is 16.2. The third-order valence-corrected chi connectivity index (χ3v) is 3.46. The number of rotatable bonds is 3. The first-order chi connectivity index (χ1) is 11.0. The molecule has 2 heterocycles. The molecule has 0 saturated heterocycles. The summed E-state index contributed by atoms with van der Waals surface area (Å²) in [6.45, 7) is 2.06. The molecule has 0 aliphatic rings. The average Bonchev–Trinajstić information content (AvgIpc) is 2.54. The molecule has 0 unspecified atom stereocenters. The van der Waals surface area contributed by atoms with Crippen LogP contribution in [0.25, 0.3) is 10.9 Å². The molecular weight excluding hydrogens is 296 g/mol. The Hall–Kier alpha value is -3.22. The second kappa shape index (κ2) is 5.88. The standard InChI is InChI=1S/C16H14N4O3/c1-9-6-11-7-10(2-3-12(11)18-15(9)22)8-17-16(23)13-4-5-14(21)20-19-13/h2-7H,8H2,1H3,(H,17,23)(H,18,22)(H,20,21). The molecule has 0 atom stereocenters. The van der Waals surface area contributed by atoms with E-state index < -0.39 is 0 Å². The van der Waals surface area contributed by atoms with Crippen molar-refractivity contribution in [3.05, 3.63) is 73.9 Å². The van der Waals surface area contributed by atoms with E-state index in [-0.39, 0.29) is 22.7 Å². The van der Waals surface area contributed by atoms with Crippen molar-refractivity contribution in [1.29, 1.82) is 0 Å².